The van der Waals surface area contributed by atoms with Gasteiger partial charge in [0.15, 0.2) is 0 Å². The Hall–Kier alpha value is -1.10. The monoisotopic (exact) mass is 271 g/mol. The van der Waals surface area contributed by atoms with Crippen LogP contribution in [0.5, 0.6) is 0 Å². The van der Waals surface area contributed by atoms with E-state index < -0.39 is 11.4 Å². The van der Waals surface area contributed by atoms with E-state index in [4.69, 9.17) is 0 Å². The number of hydrogen-bond acceptors (Lipinski definition) is 3. The van der Waals surface area contributed by atoms with Crippen LogP contribution in [0.25, 0.3) is 0 Å². The predicted molar refractivity (Wildman–Crippen MR) is 71.6 cm³/mol. The van der Waals surface area contributed by atoms with Crippen LogP contribution in [0.3, 0.4) is 0 Å². The number of hydrogen-bond donors (Lipinski definition) is 3. The molecule has 3 N–H and O–H groups in total. The van der Waals surface area contributed by atoms with Crippen LogP contribution in [0.15, 0.2) is 0 Å². The molecule has 0 spiro atoms. The highest BCUT2D eigenvalue weighted by Gasteiger charge is 2.37. The molecular formula is C14H25NO4. The van der Waals surface area contributed by atoms with Crippen LogP contribution < -0.4 is 5.32 Å². The Morgan fingerprint density at radius 2 is 1.89 bits per heavy atom. The SMILES string of the molecule is CCC(CC)(CC(=O)NCC1CCCC1O)C(=O)O. The first-order chi connectivity index (χ1) is 8.95. The van der Waals surface area contributed by atoms with Crippen molar-refractivity contribution in [3.05, 3.63) is 0 Å². The van der Waals surface area contributed by atoms with Crippen molar-refractivity contribution in [2.24, 2.45) is 11.3 Å². The summed E-state index contributed by atoms with van der Waals surface area (Å²) in [7, 11) is 0. The summed E-state index contributed by atoms with van der Waals surface area (Å²) in [6.07, 6.45) is 3.28. The van der Waals surface area contributed by atoms with Gasteiger partial charge in [-0.25, -0.2) is 0 Å². The molecule has 1 aliphatic rings. The molecule has 5 nitrogen and oxygen atoms in total. The van der Waals surface area contributed by atoms with Crippen molar-refractivity contribution in [1.29, 1.82) is 0 Å². The first-order valence-corrected chi connectivity index (χ1v) is 7.13. The van der Waals surface area contributed by atoms with Gasteiger partial charge in [0.2, 0.25) is 5.91 Å². The zero-order valence-electron chi connectivity index (χ0n) is 11.8. The van der Waals surface area contributed by atoms with E-state index in [9.17, 15) is 19.8 Å². The van der Waals surface area contributed by atoms with Gasteiger partial charge in [0.1, 0.15) is 0 Å². The molecule has 0 radical (unpaired) electrons. The zero-order valence-corrected chi connectivity index (χ0v) is 11.8. The number of aliphatic carboxylic acids is 1. The van der Waals surface area contributed by atoms with E-state index in [0.717, 1.165) is 19.3 Å². The van der Waals surface area contributed by atoms with Crippen LogP contribution in [0, 0.1) is 11.3 Å². The van der Waals surface area contributed by atoms with Gasteiger partial charge in [-0.2, -0.15) is 0 Å². The number of carboxylic acids is 1. The number of aliphatic hydroxyl groups excluding tert-OH is 1. The van der Waals surface area contributed by atoms with Crippen molar-refractivity contribution in [2.75, 3.05) is 6.54 Å². The molecule has 0 saturated heterocycles. The number of carbonyl (C=O) groups excluding carboxylic acids is 1. The van der Waals surface area contributed by atoms with Crippen molar-refractivity contribution >= 4 is 11.9 Å². The normalized spacial score (nSPS) is 23.3. The number of amides is 1. The van der Waals surface area contributed by atoms with Gasteiger partial charge in [-0.15, -0.1) is 0 Å². The van der Waals surface area contributed by atoms with E-state index in [1.807, 2.05) is 0 Å². The summed E-state index contributed by atoms with van der Waals surface area (Å²) in [6.45, 7) is 4.04. The van der Waals surface area contributed by atoms with E-state index >= 15 is 0 Å². The lowest BCUT2D eigenvalue weighted by Crippen LogP contribution is -2.39. The molecule has 19 heavy (non-hydrogen) atoms. The molecule has 0 bridgehead atoms. The smallest absolute Gasteiger partial charge is 0.310 e. The van der Waals surface area contributed by atoms with Crippen molar-refractivity contribution in [1.82, 2.24) is 5.32 Å². The number of aliphatic hydroxyl groups is 1. The second-order valence-electron chi connectivity index (χ2n) is 5.53. The third-order valence-corrected chi connectivity index (χ3v) is 4.49. The first kappa shape index (κ1) is 16.0. The van der Waals surface area contributed by atoms with E-state index in [-0.39, 0.29) is 24.3 Å². The molecule has 1 rings (SSSR count). The summed E-state index contributed by atoms with van der Waals surface area (Å²) in [4.78, 5) is 23.2. The van der Waals surface area contributed by atoms with Gasteiger partial charge >= 0.3 is 5.97 Å². The zero-order chi connectivity index (χ0) is 14.5. The Morgan fingerprint density at radius 1 is 1.26 bits per heavy atom. The third kappa shape index (κ3) is 3.93. The number of rotatable bonds is 7. The molecule has 2 atom stereocenters. The summed E-state index contributed by atoms with van der Waals surface area (Å²) in [6, 6.07) is 0. The van der Waals surface area contributed by atoms with E-state index in [1.165, 1.54) is 0 Å². The average molecular weight is 271 g/mol. The van der Waals surface area contributed by atoms with E-state index in [2.05, 4.69) is 5.32 Å². The average Bonchev–Trinajstić information content (AvgIpc) is 2.79. The lowest BCUT2D eigenvalue weighted by Gasteiger charge is -2.26. The Kier molecular flexibility index (Phi) is 5.79. The molecule has 0 aromatic rings. The minimum atomic E-state index is -0.960. The van der Waals surface area contributed by atoms with Gasteiger partial charge < -0.3 is 15.5 Å². The summed E-state index contributed by atoms with van der Waals surface area (Å²) < 4.78 is 0. The lowest BCUT2D eigenvalue weighted by molar-refractivity contribution is -0.152. The van der Waals surface area contributed by atoms with E-state index in [1.54, 1.807) is 13.8 Å². The highest BCUT2D eigenvalue weighted by Crippen LogP contribution is 2.31. The van der Waals surface area contributed by atoms with Crippen molar-refractivity contribution in [3.8, 4) is 0 Å². The maximum Gasteiger partial charge on any atom is 0.310 e. The topological polar surface area (TPSA) is 86.6 Å². The Balaban J connectivity index is 2.47. The molecule has 0 heterocycles. The van der Waals surface area contributed by atoms with Gasteiger partial charge in [0, 0.05) is 18.9 Å². The van der Waals surface area contributed by atoms with Crippen molar-refractivity contribution < 1.29 is 19.8 Å². The van der Waals surface area contributed by atoms with Crippen LogP contribution in [0.1, 0.15) is 52.4 Å². The molecule has 110 valence electrons. The Labute approximate surface area is 114 Å². The lowest BCUT2D eigenvalue weighted by atomic mass is 9.79. The minimum absolute atomic E-state index is 0.0121. The first-order valence-electron chi connectivity index (χ1n) is 7.13. The number of carboxylic acid groups (broad SMARTS) is 1. The van der Waals surface area contributed by atoms with Crippen molar-refractivity contribution in [3.63, 3.8) is 0 Å². The fourth-order valence-electron chi connectivity index (χ4n) is 2.75. The Morgan fingerprint density at radius 3 is 2.32 bits per heavy atom. The summed E-state index contributed by atoms with van der Waals surface area (Å²) in [5, 5.41) is 21.7. The van der Waals surface area contributed by atoms with Gasteiger partial charge in [0.05, 0.1) is 11.5 Å². The van der Waals surface area contributed by atoms with Crippen LogP contribution in [-0.2, 0) is 9.59 Å². The van der Waals surface area contributed by atoms with Gasteiger partial charge in [-0.05, 0) is 25.7 Å². The fraction of sp³-hybridized carbons (Fsp3) is 0.857. The number of nitrogens with one attached hydrogen (secondary N) is 1. The van der Waals surface area contributed by atoms with Gasteiger partial charge in [-0.1, -0.05) is 20.3 Å². The predicted octanol–water partition coefficient (Wildman–Crippen LogP) is 1.54. The molecule has 1 amide bonds. The molecule has 1 saturated carbocycles. The molecule has 5 heteroatoms. The molecule has 0 aromatic carbocycles. The highest BCUT2D eigenvalue weighted by molar-refractivity contribution is 5.84. The summed E-state index contributed by atoms with van der Waals surface area (Å²) >= 11 is 0. The highest BCUT2D eigenvalue weighted by atomic mass is 16.4. The second-order valence-corrected chi connectivity index (χ2v) is 5.53. The molecular weight excluding hydrogens is 246 g/mol. The molecule has 2 unspecified atom stereocenters. The molecule has 0 aliphatic heterocycles. The maximum atomic E-state index is 11.9. The second kappa shape index (κ2) is 6.89. The molecule has 0 aromatic heterocycles. The standard InChI is InChI=1S/C14H25NO4/c1-3-14(4-2,13(18)19)8-12(17)15-9-10-6-5-7-11(10)16/h10-11,16H,3-9H2,1-2H3,(H,15,17)(H,18,19). The van der Waals surface area contributed by atoms with Crippen LogP contribution in [0.4, 0.5) is 0 Å². The van der Waals surface area contributed by atoms with Crippen LogP contribution in [-0.4, -0.2) is 34.7 Å². The van der Waals surface area contributed by atoms with Crippen molar-refractivity contribution in [2.45, 2.75) is 58.5 Å². The molecule has 1 aliphatic carbocycles. The van der Waals surface area contributed by atoms with Crippen LogP contribution in [0.2, 0.25) is 0 Å². The minimum Gasteiger partial charge on any atom is -0.481 e. The maximum absolute atomic E-state index is 11.9. The number of carbonyl (C=O) groups is 2. The van der Waals surface area contributed by atoms with E-state index in [0.29, 0.717) is 19.4 Å². The summed E-state index contributed by atoms with van der Waals surface area (Å²) in [5.41, 5.74) is -0.960. The molecule has 1 fully saturated rings. The van der Waals surface area contributed by atoms with Gasteiger partial charge in [-0.3, -0.25) is 9.59 Å². The largest absolute Gasteiger partial charge is 0.481 e. The fourth-order valence-corrected chi connectivity index (χ4v) is 2.75. The third-order valence-electron chi connectivity index (χ3n) is 4.49. The quantitative estimate of drug-likeness (QED) is 0.655. The van der Waals surface area contributed by atoms with Gasteiger partial charge in [0.25, 0.3) is 0 Å². The van der Waals surface area contributed by atoms with Crippen LogP contribution >= 0.6 is 0 Å². The summed E-state index contributed by atoms with van der Waals surface area (Å²) in [5.74, 6) is -1.02. The Bertz CT molecular complexity index is 325.